The van der Waals surface area contributed by atoms with Crippen molar-refractivity contribution in [2.24, 2.45) is 0 Å². The van der Waals surface area contributed by atoms with Gasteiger partial charge < -0.3 is 10.2 Å². The van der Waals surface area contributed by atoms with Crippen LogP contribution in [-0.2, 0) is 0 Å². The first kappa shape index (κ1) is 14.9. The SMILES string of the molecule is Cc1nnc(NC(=O)NCC(c2cccs2)N(C)C)s1. The molecular weight excluding hydrogens is 294 g/mol. The minimum atomic E-state index is -0.260. The van der Waals surface area contributed by atoms with Crippen LogP contribution in [-0.4, -0.2) is 41.8 Å². The number of hydrogen-bond donors (Lipinski definition) is 2. The number of nitrogens with one attached hydrogen (secondary N) is 2. The van der Waals surface area contributed by atoms with E-state index in [1.54, 1.807) is 11.3 Å². The monoisotopic (exact) mass is 311 g/mol. The summed E-state index contributed by atoms with van der Waals surface area (Å²) in [5, 5.41) is 16.6. The number of aromatic nitrogens is 2. The van der Waals surface area contributed by atoms with Crippen molar-refractivity contribution in [3.63, 3.8) is 0 Å². The molecule has 0 aromatic carbocycles. The zero-order valence-corrected chi connectivity index (χ0v) is 13.2. The van der Waals surface area contributed by atoms with Gasteiger partial charge in [0.15, 0.2) is 0 Å². The van der Waals surface area contributed by atoms with Crippen LogP contribution in [0.2, 0.25) is 0 Å². The van der Waals surface area contributed by atoms with Gasteiger partial charge in [0.05, 0.1) is 6.04 Å². The summed E-state index contributed by atoms with van der Waals surface area (Å²) in [4.78, 5) is 15.1. The van der Waals surface area contributed by atoms with E-state index in [0.29, 0.717) is 11.7 Å². The fourth-order valence-electron chi connectivity index (χ4n) is 1.70. The van der Waals surface area contributed by atoms with Crippen LogP contribution < -0.4 is 10.6 Å². The lowest BCUT2D eigenvalue weighted by Crippen LogP contribution is -2.36. The lowest BCUT2D eigenvalue weighted by Gasteiger charge is -2.23. The Morgan fingerprint density at radius 3 is 2.80 bits per heavy atom. The lowest BCUT2D eigenvalue weighted by atomic mass is 10.2. The standard InChI is InChI=1S/C12H17N5OS2/c1-8-15-16-12(20-8)14-11(18)13-7-9(17(2)3)10-5-4-6-19-10/h4-6,9H,7H2,1-3H3,(H2,13,14,16,18). The summed E-state index contributed by atoms with van der Waals surface area (Å²) in [7, 11) is 4.00. The molecule has 2 aromatic rings. The maximum atomic E-state index is 11.8. The molecule has 6 nitrogen and oxygen atoms in total. The molecule has 108 valence electrons. The zero-order valence-electron chi connectivity index (χ0n) is 11.6. The minimum Gasteiger partial charge on any atom is -0.336 e. The van der Waals surface area contributed by atoms with Gasteiger partial charge >= 0.3 is 6.03 Å². The second-order valence-corrected chi connectivity index (χ2v) is 6.62. The molecule has 1 unspecified atom stereocenters. The molecular formula is C12H17N5OS2. The average Bonchev–Trinajstić information content (AvgIpc) is 3.01. The largest absolute Gasteiger partial charge is 0.336 e. The zero-order chi connectivity index (χ0) is 14.5. The smallest absolute Gasteiger partial charge is 0.321 e. The number of aryl methyl sites for hydroxylation is 1. The van der Waals surface area contributed by atoms with Gasteiger partial charge in [0.1, 0.15) is 5.01 Å². The minimum absolute atomic E-state index is 0.164. The molecule has 20 heavy (non-hydrogen) atoms. The van der Waals surface area contributed by atoms with Gasteiger partial charge in [-0.05, 0) is 32.5 Å². The molecule has 2 rings (SSSR count). The van der Waals surface area contributed by atoms with Crippen LogP contribution in [0.15, 0.2) is 17.5 Å². The van der Waals surface area contributed by atoms with Crippen molar-refractivity contribution in [1.82, 2.24) is 20.4 Å². The normalized spacial score (nSPS) is 12.4. The average molecular weight is 311 g/mol. The Morgan fingerprint density at radius 1 is 1.45 bits per heavy atom. The topological polar surface area (TPSA) is 70.1 Å². The van der Waals surface area contributed by atoms with E-state index in [2.05, 4.69) is 31.8 Å². The number of urea groups is 1. The summed E-state index contributed by atoms with van der Waals surface area (Å²) in [5.74, 6) is 0. The van der Waals surface area contributed by atoms with Crippen molar-refractivity contribution in [1.29, 1.82) is 0 Å². The van der Waals surface area contributed by atoms with Crippen LogP contribution in [0.4, 0.5) is 9.93 Å². The van der Waals surface area contributed by atoms with Gasteiger partial charge in [0, 0.05) is 11.4 Å². The van der Waals surface area contributed by atoms with E-state index < -0.39 is 0 Å². The predicted octanol–water partition coefficient (Wildman–Crippen LogP) is 2.33. The number of rotatable bonds is 5. The molecule has 8 heteroatoms. The Labute approximate surface area is 125 Å². The highest BCUT2D eigenvalue weighted by molar-refractivity contribution is 7.15. The quantitative estimate of drug-likeness (QED) is 0.889. The fraction of sp³-hybridized carbons (Fsp3) is 0.417. The number of amides is 2. The van der Waals surface area contributed by atoms with Gasteiger partial charge in [0.25, 0.3) is 0 Å². The van der Waals surface area contributed by atoms with E-state index in [-0.39, 0.29) is 12.1 Å². The Bertz CT molecular complexity index is 552. The van der Waals surface area contributed by atoms with Crippen molar-refractivity contribution < 1.29 is 4.79 Å². The molecule has 0 saturated heterocycles. The summed E-state index contributed by atoms with van der Waals surface area (Å²) in [6, 6.07) is 3.99. The Kier molecular flexibility index (Phi) is 5.05. The maximum absolute atomic E-state index is 11.8. The second-order valence-electron chi connectivity index (χ2n) is 4.46. The second kappa shape index (κ2) is 6.78. The van der Waals surface area contributed by atoms with Crippen LogP contribution in [0.3, 0.4) is 0 Å². The molecule has 0 aliphatic carbocycles. The van der Waals surface area contributed by atoms with Crippen LogP contribution in [0, 0.1) is 6.92 Å². The van der Waals surface area contributed by atoms with E-state index in [1.165, 1.54) is 16.2 Å². The Hall–Kier alpha value is -1.51. The van der Waals surface area contributed by atoms with Crippen molar-refractivity contribution in [2.75, 3.05) is 26.0 Å². The van der Waals surface area contributed by atoms with Crippen LogP contribution in [0.5, 0.6) is 0 Å². The van der Waals surface area contributed by atoms with Gasteiger partial charge in [0.2, 0.25) is 5.13 Å². The molecule has 1 atom stereocenters. The first-order valence-corrected chi connectivity index (χ1v) is 7.80. The number of nitrogens with zero attached hydrogens (tertiary/aromatic N) is 3. The van der Waals surface area contributed by atoms with E-state index in [1.807, 2.05) is 32.5 Å². The van der Waals surface area contributed by atoms with Crippen molar-refractivity contribution >= 4 is 33.8 Å². The van der Waals surface area contributed by atoms with Crippen LogP contribution >= 0.6 is 22.7 Å². The molecule has 2 heterocycles. The van der Waals surface area contributed by atoms with Gasteiger partial charge in [-0.3, -0.25) is 5.32 Å². The van der Waals surface area contributed by atoms with Crippen molar-refractivity contribution in [3.05, 3.63) is 27.4 Å². The van der Waals surface area contributed by atoms with Crippen molar-refractivity contribution in [2.45, 2.75) is 13.0 Å². The Morgan fingerprint density at radius 2 is 2.25 bits per heavy atom. The highest BCUT2D eigenvalue weighted by atomic mass is 32.1. The lowest BCUT2D eigenvalue weighted by molar-refractivity contribution is 0.244. The summed E-state index contributed by atoms with van der Waals surface area (Å²) in [6.07, 6.45) is 0. The number of likely N-dealkylation sites (N-methyl/N-ethyl adjacent to an activating group) is 1. The molecule has 0 bridgehead atoms. The highest BCUT2D eigenvalue weighted by Crippen LogP contribution is 2.22. The molecule has 0 aliphatic rings. The fourth-order valence-corrected chi connectivity index (χ4v) is 3.21. The van der Waals surface area contributed by atoms with Gasteiger partial charge in [-0.2, -0.15) is 0 Å². The third-order valence-electron chi connectivity index (χ3n) is 2.70. The van der Waals surface area contributed by atoms with Gasteiger partial charge in [-0.25, -0.2) is 4.79 Å². The number of carbonyl (C=O) groups excluding carboxylic acids is 1. The van der Waals surface area contributed by atoms with E-state index in [9.17, 15) is 4.79 Å². The number of thiophene rings is 1. The number of anilines is 1. The molecule has 2 aromatic heterocycles. The Balaban J connectivity index is 1.88. The number of carbonyl (C=O) groups is 1. The first-order chi connectivity index (χ1) is 9.56. The van der Waals surface area contributed by atoms with Crippen molar-refractivity contribution in [3.8, 4) is 0 Å². The molecule has 0 aliphatic heterocycles. The summed E-state index contributed by atoms with van der Waals surface area (Å²) in [6.45, 7) is 2.39. The van der Waals surface area contributed by atoms with Gasteiger partial charge in [-0.15, -0.1) is 21.5 Å². The third-order valence-corrected chi connectivity index (χ3v) is 4.43. The van der Waals surface area contributed by atoms with Gasteiger partial charge in [-0.1, -0.05) is 17.4 Å². The highest BCUT2D eigenvalue weighted by Gasteiger charge is 2.16. The van der Waals surface area contributed by atoms with E-state index >= 15 is 0 Å². The molecule has 2 amide bonds. The summed E-state index contributed by atoms with van der Waals surface area (Å²) < 4.78 is 0. The summed E-state index contributed by atoms with van der Waals surface area (Å²) in [5.41, 5.74) is 0. The molecule has 0 saturated carbocycles. The predicted molar refractivity (Wildman–Crippen MR) is 82.4 cm³/mol. The first-order valence-electron chi connectivity index (χ1n) is 6.11. The number of hydrogen-bond acceptors (Lipinski definition) is 6. The third kappa shape index (κ3) is 3.99. The van der Waals surface area contributed by atoms with E-state index in [0.717, 1.165) is 5.01 Å². The molecule has 0 fully saturated rings. The molecule has 0 spiro atoms. The molecule has 0 radical (unpaired) electrons. The summed E-state index contributed by atoms with van der Waals surface area (Å²) >= 11 is 3.04. The van der Waals surface area contributed by atoms with E-state index in [4.69, 9.17) is 0 Å². The molecule has 2 N–H and O–H groups in total. The van der Waals surface area contributed by atoms with Crippen LogP contribution in [0.1, 0.15) is 15.9 Å². The maximum Gasteiger partial charge on any atom is 0.321 e. The van der Waals surface area contributed by atoms with Crippen LogP contribution in [0.25, 0.3) is 0 Å².